The van der Waals surface area contributed by atoms with Crippen LogP contribution in [0.3, 0.4) is 0 Å². The molecule has 2 aromatic rings. The number of rotatable bonds is 3. The Morgan fingerprint density at radius 2 is 1.61 bits per heavy atom. The van der Waals surface area contributed by atoms with E-state index in [1.165, 1.54) is 5.56 Å². The fraction of sp³-hybridized carbons (Fsp3) is 0.438. The van der Waals surface area contributed by atoms with E-state index in [4.69, 9.17) is 4.42 Å². The number of nitrogens with zero attached hydrogens (tertiary/aromatic N) is 1. The van der Waals surface area contributed by atoms with Gasteiger partial charge in [-0.1, -0.05) is 45.4 Å². The summed E-state index contributed by atoms with van der Waals surface area (Å²) in [5, 5.41) is 0. The molecule has 0 aliphatic heterocycles. The van der Waals surface area contributed by atoms with Crippen molar-refractivity contribution in [3.63, 3.8) is 0 Å². The van der Waals surface area contributed by atoms with Gasteiger partial charge >= 0.3 is 0 Å². The lowest BCUT2D eigenvalue weighted by atomic mass is 10.1. The average Bonchev–Trinajstić information content (AvgIpc) is 2.85. The van der Waals surface area contributed by atoms with E-state index in [2.05, 4.69) is 50.0 Å². The molecule has 2 nitrogen and oxygen atoms in total. The number of hydrogen-bond acceptors (Lipinski definition) is 2. The molecule has 0 aliphatic carbocycles. The topological polar surface area (TPSA) is 26.0 Å². The molecular formula is C16H23NO. The van der Waals surface area contributed by atoms with E-state index in [1.807, 2.05) is 13.8 Å². The Kier molecular flexibility index (Phi) is 5.63. The Balaban J connectivity index is 0.000000771. The van der Waals surface area contributed by atoms with Gasteiger partial charge in [0.2, 0.25) is 5.89 Å². The smallest absolute Gasteiger partial charge is 0.226 e. The lowest BCUT2D eigenvalue weighted by Crippen LogP contribution is -1.85. The van der Waals surface area contributed by atoms with Crippen molar-refractivity contribution in [2.75, 3.05) is 0 Å². The van der Waals surface area contributed by atoms with Gasteiger partial charge in [0.15, 0.2) is 0 Å². The number of aromatic nitrogens is 1. The van der Waals surface area contributed by atoms with Gasteiger partial charge in [-0.3, -0.25) is 0 Å². The van der Waals surface area contributed by atoms with Crippen LogP contribution in [0.4, 0.5) is 0 Å². The number of oxazole rings is 1. The van der Waals surface area contributed by atoms with Crippen LogP contribution in [0, 0.1) is 6.92 Å². The quantitative estimate of drug-likeness (QED) is 0.776. The molecule has 0 amide bonds. The maximum absolute atomic E-state index is 5.77. The Bertz CT molecular complexity index is 447. The van der Waals surface area contributed by atoms with Crippen molar-refractivity contribution in [2.24, 2.45) is 0 Å². The molecular weight excluding hydrogens is 222 g/mol. The van der Waals surface area contributed by atoms with Crippen LogP contribution in [-0.4, -0.2) is 4.98 Å². The summed E-state index contributed by atoms with van der Waals surface area (Å²) in [6, 6.07) is 8.27. The van der Waals surface area contributed by atoms with E-state index in [-0.39, 0.29) is 0 Å². The van der Waals surface area contributed by atoms with Crippen LogP contribution >= 0.6 is 0 Å². The highest BCUT2D eigenvalue weighted by atomic mass is 16.4. The molecule has 0 N–H and O–H groups in total. The van der Waals surface area contributed by atoms with Crippen molar-refractivity contribution in [2.45, 2.75) is 47.5 Å². The van der Waals surface area contributed by atoms with Crippen LogP contribution in [0.2, 0.25) is 0 Å². The molecule has 18 heavy (non-hydrogen) atoms. The van der Waals surface area contributed by atoms with Crippen LogP contribution in [-0.2, 0) is 12.8 Å². The fourth-order valence-electron chi connectivity index (χ4n) is 1.76. The largest absolute Gasteiger partial charge is 0.441 e. The molecule has 0 unspecified atom stereocenters. The number of hydrogen-bond donors (Lipinski definition) is 0. The third kappa shape index (κ3) is 3.22. The van der Waals surface area contributed by atoms with Crippen molar-refractivity contribution < 1.29 is 4.42 Å². The molecule has 1 aromatic heterocycles. The first kappa shape index (κ1) is 14.5. The minimum atomic E-state index is 0.744. The molecule has 1 heterocycles. The van der Waals surface area contributed by atoms with Crippen molar-refractivity contribution in [1.29, 1.82) is 0 Å². The first-order valence-corrected chi connectivity index (χ1v) is 6.80. The van der Waals surface area contributed by atoms with Gasteiger partial charge in [-0.25, -0.2) is 4.98 Å². The summed E-state index contributed by atoms with van der Waals surface area (Å²) in [4.78, 5) is 4.53. The fourth-order valence-corrected chi connectivity index (χ4v) is 1.76. The highest BCUT2D eigenvalue weighted by Crippen LogP contribution is 2.23. The third-order valence-corrected chi connectivity index (χ3v) is 2.73. The maximum Gasteiger partial charge on any atom is 0.226 e. The van der Waals surface area contributed by atoms with E-state index in [1.54, 1.807) is 0 Å². The third-order valence-electron chi connectivity index (χ3n) is 2.73. The van der Waals surface area contributed by atoms with Crippen molar-refractivity contribution in [3.05, 3.63) is 41.3 Å². The van der Waals surface area contributed by atoms with Gasteiger partial charge < -0.3 is 4.42 Å². The summed E-state index contributed by atoms with van der Waals surface area (Å²) in [5.41, 5.74) is 3.39. The van der Waals surface area contributed by atoms with Gasteiger partial charge in [0, 0.05) is 12.0 Å². The van der Waals surface area contributed by atoms with Gasteiger partial charge in [0.1, 0.15) is 5.76 Å². The Morgan fingerprint density at radius 1 is 1.00 bits per heavy atom. The van der Waals surface area contributed by atoms with Crippen molar-refractivity contribution >= 4 is 0 Å². The normalized spacial score (nSPS) is 9.83. The second kappa shape index (κ2) is 7.00. The standard InChI is InChI=1S/C14H17NO.C2H6/c1-4-12-13(5-2)16-14(15-12)11-8-6-10(3)7-9-11;1-2/h6-9H,4-5H2,1-3H3;1-2H3. The van der Waals surface area contributed by atoms with Gasteiger partial charge in [-0.15, -0.1) is 0 Å². The van der Waals surface area contributed by atoms with E-state index in [9.17, 15) is 0 Å². The summed E-state index contributed by atoms with van der Waals surface area (Å²) in [5.74, 6) is 1.76. The van der Waals surface area contributed by atoms with E-state index in [0.29, 0.717) is 0 Å². The Hall–Kier alpha value is -1.57. The highest BCUT2D eigenvalue weighted by Gasteiger charge is 2.11. The molecule has 0 atom stereocenters. The first-order chi connectivity index (χ1) is 8.74. The van der Waals surface area contributed by atoms with Gasteiger partial charge in [-0.2, -0.15) is 0 Å². The molecule has 0 saturated carbocycles. The number of aryl methyl sites for hydroxylation is 3. The predicted molar refractivity (Wildman–Crippen MR) is 76.8 cm³/mol. The zero-order chi connectivity index (χ0) is 13.5. The van der Waals surface area contributed by atoms with Crippen molar-refractivity contribution in [1.82, 2.24) is 4.98 Å². The Morgan fingerprint density at radius 3 is 2.06 bits per heavy atom. The first-order valence-electron chi connectivity index (χ1n) is 6.80. The van der Waals surface area contributed by atoms with Crippen LogP contribution in [0.1, 0.15) is 44.7 Å². The minimum Gasteiger partial charge on any atom is -0.441 e. The van der Waals surface area contributed by atoms with Crippen LogP contribution in [0.15, 0.2) is 28.7 Å². The molecule has 0 saturated heterocycles. The summed E-state index contributed by atoms with van der Waals surface area (Å²) in [6.45, 7) is 10.3. The van der Waals surface area contributed by atoms with E-state index >= 15 is 0 Å². The highest BCUT2D eigenvalue weighted by molar-refractivity contribution is 5.54. The van der Waals surface area contributed by atoms with E-state index < -0.39 is 0 Å². The minimum absolute atomic E-state index is 0.744. The molecule has 0 radical (unpaired) electrons. The summed E-state index contributed by atoms with van der Waals surface area (Å²) >= 11 is 0. The second-order valence-corrected chi connectivity index (χ2v) is 3.96. The van der Waals surface area contributed by atoms with Crippen LogP contribution < -0.4 is 0 Å². The molecule has 2 heteroatoms. The molecule has 98 valence electrons. The van der Waals surface area contributed by atoms with Gasteiger partial charge in [-0.05, 0) is 25.5 Å². The average molecular weight is 245 g/mol. The molecule has 0 spiro atoms. The molecule has 0 bridgehead atoms. The Labute approximate surface area is 110 Å². The molecule has 0 fully saturated rings. The number of benzene rings is 1. The second-order valence-electron chi connectivity index (χ2n) is 3.96. The van der Waals surface area contributed by atoms with Crippen molar-refractivity contribution in [3.8, 4) is 11.5 Å². The monoisotopic (exact) mass is 245 g/mol. The lowest BCUT2D eigenvalue weighted by Gasteiger charge is -1.95. The zero-order valence-corrected chi connectivity index (χ0v) is 12.1. The van der Waals surface area contributed by atoms with Crippen LogP contribution in [0.25, 0.3) is 11.5 Å². The predicted octanol–water partition coefficient (Wildman–Crippen LogP) is 4.80. The summed E-state index contributed by atoms with van der Waals surface area (Å²) < 4.78 is 5.77. The molecule has 2 rings (SSSR count). The van der Waals surface area contributed by atoms with Crippen LogP contribution in [0.5, 0.6) is 0 Å². The summed E-state index contributed by atoms with van der Waals surface area (Å²) in [6.07, 6.45) is 1.83. The van der Waals surface area contributed by atoms with Gasteiger partial charge in [0.05, 0.1) is 5.69 Å². The summed E-state index contributed by atoms with van der Waals surface area (Å²) in [7, 11) is 0. The molecule has 1 aromatic carbocycles. The maximum atomic E-state index is 5.77. The lowest BCUT2D eigenvalue weighted by molar-refractivity contribution is 0.521. The SMILES string of the molecule is CC.CCc1nc(-c2ccc(C)cc2)oc1CC. The van der Waals surface area contributed by atoms with E-state index in [0.717, 1.165) is 35.7 Å². The molecule has 0 aliphatic rings. The zero-order valence-electron chi connectivity index (χ0n) is 12.1. The van der Waals surface area contributed by atoms with Gasteiger partial charge in [0.25, 0.3) is 0 Å².